The van der Waals surface area contributed by atoms with Crippen molar-refractivity contribution in [1.82, 2.24) is 9.88 Å². The van der Waals surface area contributed by atoms with E-state index in [0.717, 1.165) is 69.0 Å². The Morgan fingerprint density at radius 2 is 2.20 bits per heavy atom. The summed E-state index contributed by atoms with van der Waals surface area (Å²) in [5.41, 5.74) is 3.52. The van der Waals surface area contributed by atoms with Crippen LogP contribution in [0.2, 0.25) is 0 Å². The third kappa shape index (κ3) is 7.42. The van der Waals surface area contributed by atoms with Crippen LogP contribution < -0.4 is 10.1 Å². The van der Waals surface area contributed by atoms with Gasteiger partial charge in [-0.2, -0.15) is 0 Å². The van der Waals surface area contributed by atoms with Crippen molar-refractivity contribution in [2.45, 2.75) is 57.5 Å². The fourth-order valence-corrected chi connectivity index (χ4v) is 5.12. The second-order valence-corrected chi connectivity index (χ2v) is 10.0. The molecule has 0 radical (unpaired) electrons. The van der Waals surface area contributed by atoms with E-state index in [0.29, 0.717) is 12.5 Å². The average molecular weight is 482 g/mol. The van der Waals surface area contributed by atoms with E-state index in [-0.39, 0.29) is 18.4 Å². The first-order valence-corrected chi connectivity index (χ1v) is 12.9. The number of methoxy groups -OCH3 is 1. The second kappa shape index (κ2) is 12.4. The molecule has 0 amide bonds. The topological polar surface area (TPSA) is 83.9 Å². The zero-order valence-corrected chi connectivity index (χ0v) is 21.0. The molecular formula is C28H39N3O4. The molecule has 4 rings (SSSR count). The maximum atomic E-state index is 11.6. The van der Waals surface area contributed by atoms with Crippen LogP contribution in [0.3, 0.4) is 0 Å². The highest BCUT2D eigenvalue weighted by atomic mass is 16.5. The van der Waals surface area contributed by atoms with Gasteiger partial charge in [0.25, 0.3) is 0 Å². The molecule has 7 nitrogen and oxygen atoms in total. The Kier molecular flexibility index (Phi) is 8.99. The highest BCUT2D eigenvalue weighted by Crippen LogP contribution is 2.29. The molecule has 2 aromatic rings. The molecule has 0 spiro atoms. The number of nitrogens with zero attached hydrogens (tertiary/aromatic N) is 2. The minimum Gasteiger partial charge on any atom is -0.491 e. The lowest BCUT2D eigenvalue weighted by molar-refractivity contribution is -0.137. The third-order valence-electron chi connectivity index (χ3n) is 7.25. The maximum Gasteiger partial charge on any atom is 0.304 e. The third-order valence-corrected chi connectivity index (χ3v) is 7.25. The number of nitrogens with one attached hydrogen (secondary N) is 1. The number of rotatable bonds is 12. The van der Waals surface area contributed by atoms with Gasteiger partial charge in [0.2, 0.25) is 0 Å². The van der Waals surface area contributed by atoms with Crippen molar-refractivity contribution in [1.29, 1.82) is 0 Å². The molecule has 1 aromatic carbocycles. The number of hydrogen-bond acceptors (Lipinski definition) is 6. The van der Waals surface area contributed by atoms with Crippen molar-refractivity contribution >= 4 is 11.8 Å². The number of aromatic nitrogens is 1. The molecule has 190 valence electrons. The smallest absolute Gasteiger partial charge is 0.304 e. The van der Waals surface area contributed by atoms with Crippen molar-refractivity contribution in [3.63, 3.8) is 0 Å². The van der Waals surface area contributed by atoms with Gasteiger partial charge in [-0.25, -0.2) is 4.98 Å². The number of carbonyl (C=O) groups is 1. The summed E-state index contributed by atoms with van der Waals surface area (Å²) in [6.07, 6.45) is 5.68. The van der Waals surface area contributed by atoms with Gasteiger partial charge in [-0.1, -0.05) is 18.2 Å². The minimum atomic E-state index is -0.767. The normalized spacial score (nSPS) is 19.5. The monoisotopic (exact) mass is 481 g/mol. The largest absolute Gasteiger partial charge is 0.491 e. The van der Waals surface area contributed by atoms with E-state index in [2.05, 4.69) is 22.3 Å². The quantitative estimate of drug-likeness (QED) is 0.466. The molecule has 0 bridgehead atoms. The molecule has 1 aromatic heterocycles. The Bertz CT molecular complexity index is 982. The number of aliphatic carboxylic acids is 1. The van der Waals surface area contributed by atoms with Crippen LogP contribution in [-0.4, -0.2) is 67.0 Å². The second-order valence-electron chi connectivity index (χ2n) is 10.0. The zero-order valence-electron chi connectivity index (χ0n) is 21.0. The summed E-state index contributed by atoms with van der Waals surface area (Å²) in [4.78, 5) is 18.9. The predicted molar refractivity (Wildman–Crippen MR) is 137 cm³/mol. The molecule has 35 heavy (non-hydrogen) atoms. The lowest BCUT2D eigenvalue weighted by Crippen LogP contribution is -2.28. The van der Waals surface area contributed by atoms with Crippen LogP contribution in [0.15, 0.2) is 36.4 Å². The highest BCUT2D eigenvalue weighted by Gasteiger charge is 2.27. The molecule has 7 heteroatoms. The number of hydrogen-bond donors (Lipinski definition) is 2. The Morgan fingerprint density at radius 1 is 1.31 bits per heavy atom. The number of carboxylic acids is 1. The van der Waals surface area contributed by atoms with Crippen molar-refractivity contribution < 1.29 is 19.4 Å². The van der Waals surface area contributed by atoms with E-state index < -0.39 is 5.97 Å². The lowest BCUT2D eigenvalue weighted by Gasteiger charge is -2.24. The lowest BCUT2D eigenvalue weighted by atomic mass is 9.94. The van der Waals surface area contributed by atoms with Crippen molar-refractivity contribution in [2.24, 2.45) is 5.92 Å². The van der Waals surface area contributed by atoms with E-state index in [1.165, 1.54) is 17.7 Å². The van der Waals surface area contributed by atoms with Crippen LogP contribution >= 0.6 is 0 Å². The van der Waals surface area contributed by atoms with Gasteiger partial charge in [0.05, 0.1) is 12.5 Å². The van der Waals surface area contributed by atoms with Crippen LogP contribution in [0, 0.1) is 5.92 Å². The number of benzene rings is 1. The number of pyridine rings is 1. The zero-order chi connectivity index (χ0) is 24.6. The Morgan fingerprint density at radius 3 is 3.03 bits per heavy atom. The van der Waals surface area contributed by atoms with Crippen LogP contribution in [0.25, 0.3) is 0 Å². The van der Waals surface area contributed by atoms with Gasteiger partial charge < -0.3 is 24.8 Å². The molecule has 2 aliphatic rings. The summed E-state index contributed by atoms with van der Waals surface area (Å²) in [6, 6.07) is 12.3. The van der Waals surface area contributed by atoms with Crippen molar-refractivity contribution in [3.05, 3.63) is 53.2 Å². The summed E-state index contributed by atoms with van der Waals surface area (Å²) >= 11 is 0. The van der Waals surface area contributed by atoms with E-state index in [9.17, 15) is 9.90 Å². The van der Waals surface area contributed by atoms with E-state index in [4.69, 9.17) is 14.5 Å². The van der Waals surface area contributed by atoms with Crippen LogP contribution in [0.5, 0.6) is 5.75 Å². The fraction of sp³-hybridized carbons (Fsp3) is 0.571. The fourth-order valence-electron chi connectivity index (χ4n) is 5.12. The highest BCUT2D eigenvalue weighted by molar-refractivity contribution is 5.68. The number of anilines is 1. The number of fused-ring (bicyclic) bond motifs is 1. The van der Waals surface area contributed by atoms with Gasteiger partial charge in [0, 0.05) is 38.4 Å². The number of ether oxygens (including phenoxy) is 2. The number of likely N-dealkylation sites (tertiary alicyclic amines) is 1. The predicted octanol–water partition coefficient (Wildman–Crippen LogP) is 4.37. The van der Waals surface area contributed by atoms with Crippen LogP contribution in [0.4, 0.5) is 5.82 Å². The molecular weight excluding hydrogens is 442 g/mol. The molecule has 0 unspecified atom stereocenters. The molecule has 2 aliphatic heterocycles. The van der Waals surface area contributed by atoms with Crippen molar-refractivity contribution in [2.75, 3.05) is 45.2 Å². The minimum absolute atomic E-state index is 0.00257. The van der Waals surface area contributed by atoms with E-state index >= 15 is 0 Å². The van der Waals surface area contributed by atoms with Crippen LogP contribution in [-0.2, 0) is 22.4 Å². The molecule has 1 fully saturated rings. The molecule has 2 N–H and O–H groups in total. The Hall–Kier alpha value is -2.64. The van der Waals surface area contributed by atoms with Crippen molar-refractivity contribution in [3.8, 4) is 5.75 Å². The Labute approximate surface area is 208 Å². The standard InChI is InChI=1S/C28H39N3O4/c1-20(34-2)19-35-26-7-3-5-23(15-26)24(16-27(32)33)18-31-14-12-21(17-31)8-10-25-11-9-22-6-4-13-29-28(22)30-25/h3,5,7,9,11,15,20-21,24H,4,6,8,10,12-14,16-19H2,1-2H3,(H,29,30)(H,32,33)/t20-,21+,24+/m0/s1. The van der Waals surface area contributed by atoms with Crippen LogP contribution in [0.1, 0.15) is 55.3 Å². The summed E-state index contributed by atoms with van der Waals surface area (Å²) in [7, 11) is 1.66. The molecule has 0 aliphatic carbocycles. The molecule has 0 saturated carbocycles. The van der Waals surface area contributed by atoms with Gasteiger partial charge in [0.1, 0.15) is 18.2 Å². The first-order chi connectivity index (χ1) is 17.0. The van der Waals surface area contributed by atoms with Gasteiger partial charge in [-0.3, -0.25) is 4.79 Å². The Balaban J connectivity index is 1.31. The van der Waals surface area contributed by atoms with Gasteiger partial charge in [0.15, 0.2) is 0 Å². The first-order valence-electron chi connectivity index (χ1n) is 12.9. The average Bonchev–Trinajstić information content (AvgIpc) is 3.32. The maximum absolute atomic E-state index is 11.6. The molecule has 3 atom stereocenters. The summed E-state index contributed by atoms with van der Waals surface area (Å²) < 4.78 is 11.1. The van der Waals surface area contributed by atoms with Gasteiger partial charge >= 0.3 is 5.97 Å². The number of carboxylic acid groups (broad SMARTS) is 1. The van der Waals surface area contributed by atoms with Gasteiger partial charge in [-0.05, 0) is 80.8 Å². The molecule has 1 saturated heterocycles. The number of aryl methyl sites for hydroxylation is 2. The summed E-state index contributed by atoms with van der Waals surface area (Å²) in [6.45, 7) is 6.22. The van der Waals surface area contributed by atoms with E-state index in [1.54, 1.807) is 7.11 Å². The van der Waals surface area contributed by atoms with E-state index in [1.807, 2.05) is 31.2 Å². The summed E-state index contributed by atoms with van der Waals surface area (Å²) in [5, 5.41) is 13.0. The molecule has 3 heterocycles. The first kappa shape index (κ1) is 25.5. The van der Waals surface area contributed by atoms with Gasteiger partial charge in [-0.15, -0.1) is 0 Å². The SMILES string of the molecule is CO[C@@H](C)COc1cccc([C@H](CC(=O)O)CN2CC[C@@H](CCc3ccc4c(n3)NCCC4)C2)c1. The summed E-state index contributed by atoms with van der Waals surface area (Å²) in [5.74, 6) is 1.62.